The van der Waals surface area contributed by atoms with Crippen molar-refractivity contribution in [3.63, 3.8) is 0 Å². The van der Waals surface area contributed by atoms with Gasteiger partial charge in [-0.1, -0.05) is 0 Å². The molecule has 1 unspecified atom stereocenters. The summed E-state index contributed by atoms with van der Waals surface area (Å²) in [6.07, 6.45) is 2.33. The minimum Gasteiger partial charge on any atom is -0.396 e. The van der Waals surface area contributed by atoms with Crippen LogP contribution in [0.3, 0.4) is 0 Å². The number of likely N-dealkylation sites (tertiary alicyclic amines) is 1. The quantitative estimate of drug-likeness (QED) is 0.680. The molecule has 1 aromatic carbocycles. The Kier molecular flexibility index (Phi) is 4.85. The lowest BCUT2D eigenvalue weighted by Gasteiger charge is -2.32. The second kappa shape index (κ2) is 6.62. The van der Waals surface area contributed by atoms with E-state index in [9.17, 15) is 19.3 Å². The molecule has 0 aliphatic carbocycles. The van der Waals surface area contributed by atoms with Crippen molar-refractivity contribution in [2.75, 3.05) is 19.7 Å². The van der Waals surface area contributed by atoms with Crippen molar-refractivity contribution >= 4 is 11.6 Å². The third-order valence-corrected chi connectivity index (χ3v) is 3.73. The first kappa shape index (κ1) is 15.4. The molecule has 0 spiro atoms. The molecule has 1 heterocycles. The van der Waals surface area contributed by atoms with Crippen LogP contribution in [0.25, 0.3) is 0 Å². The number of nitro groups is 1. The summed E-state index contributed by atoms with van der Waals surface area (Å²) in [5.41, 5.74) is -0.602. The van der Waals surface area contributed by atoms with E-state index in [1.165, 1.54) is 0 Å². The number of hydrogen-bond acceptors (Lipinski definition) is 4. The molecule has 1 atom stereocenters. The number of aliphatic hydroxyl groups is 1. The van der Waals surface area contributed by atoms with Crippen molar-refractivity contribution in [2.24, 2.45) is 5.92 Å². The van der Waals surface area contributed by atoms with Gasteiger partial charge in [0.1, 0.15) is 11.4 Å². The number of carbonyl (C=O) groups is 1. The van der Waals surface area contributed by atoms with Crippen LogP contribution < -0.4 is 0 Å². The molecule has 1 saturated heterocycles. The van der Waals surface area contributed by atoms with Crippen LogP contribution in [-0.4, -0.2) is 40.5 Å². The number of carbonyl (C=O) groups excluding carboxylic acids is 1. The minimum absolute atomic E-state index is 0.0589. The van der Waals surface area contributed by atoms with Crippen LogP contribution in [0, 0.1) is 21.8 Å². The third kappa shape index (κ3) is 3.55. The highest BCUT2D eigenvalue weighted by molar-refractivity contribution is 5.98. The highest BCUT2D eigenvalue weighted by Gasteiger charge is 2.29. The maximum absolute atomic E-state index is 13.1. The largest absolute Gasteiger partial charge is 0.396 e. The first-order chi connectivity index (χ1) is 10.0. The topological polar surface area (TPSA) is 83.7 Å². The molecule has 6 nitrogen and oxygen atoms in total. The smallest absolute Gasteiger partial charge is 0.285 e. The molecule has 1 aliphatic rings. The van der Waals surface area contributed by atoms with Gasteiger partial charge in [-0.05, 0) is 37.3 Å². The number of halogens is 1. The van der Waals surface area contributed by atoms with Gasteiger partial charge in [-0.25, -0.2) is 4.39 Å². The van der Waals surface area contributed by atoms with Gasteiger partial charge in [0.2, 0.25) is 0 Å². The van der Waals surface area contributed by atoms with Crippen LogP contribution in [0.1, 0.15) is 29.6 Å². The Morgan fingerprint density at radius 3 is 2.95 bits per heavy atom. The van der Waals surface area contributed by atoms with Gasteiger partial charge in [-0.3, -0.25) is 14.9 Å². The molecule has 21 heavy (non-hydrogen) atoms. The standard InChI is InChI=1S/C14H17FN2O4/c15-11-3-4-12(13(8-11)17(20)21)14(19)16-6-1-2-10(9-16)5-7-18/h3-4,8,10,18H,1-2,5-7,9H2. The van der Waals surface area contributed by atoms with E-state index in [1.807, 2.05) is 0 Å². The normalized spacial score (nSPS) is 18.6. The highest BCUT2D eigenvalue weighted by atomic mass is 19.1. The predicted molar refractivity (Wildman–Crippen MR) is 73.4 cm³/mol. The second-order valence-corrected chi connectivity index (χ2v) is 5.19. The zero-order valence-electron chi connectivity index (χ0n) is 11.5. The van der Waals surface area contributed by atoms with Crippen LogP contribution in [0.5, 0.6) is 0 Å². The lowest BCUT2D eigenvalue weighted by molar-refractivity contribution is -0.385. The lowest BCUT2D eigenvalue weighted by Crippen LogP contribution is -2.40. The van der Waals surface area contributed by atoms with E-state index in [4.69, 9.17) is 5.11 Å². The molecular weight excluding hydrogens is 279 g/mol. The lowest BCUT2D eigenvalue weighted by atomic mass is 9.94. The van der Waals surface area contributed by atoms with Crippen LogP contribution in [-0.2, 0) is 0 Å². The Morgan fingerprint density at radius 2 is 2.29 bits per heavy atom. The highest BCUT2D eigenvalue weighted by Crippen LogP contribution is 2.25. The van der Waals surface area contributed by atoms with Crippen LogP contribution in [0.15, 0.2) is 18.2 Å². The second-order valence-electron chi connectivity index (χ2n) is 5.19. The average Bonchev–Trinajstić information content (AvgIpc) is 2.47. The van der Waals surface area contributed by atoms with Crippen molar-refractivity contribution in [3.05, 3.63) is 39.7 Å². The molecule has 1 N–H and O–H groups in total. The summed E-state index contributed by atoms with van der Waals surface area (Å²) in [7, 11) is 0. The zero-order valence-corrected chi connectivity index (χ0v) is 11.5. The van der Waals surface area contributed by atoms with Crippen LogP contribution in [0.2, 0.25) is 0 Å². The molecule has 0 radical (unpaired) electrons. The number of rotatable bonds is 4. The Balaban J connectivity index is 2.21. The molecule has 1 amide bonds. The predicted octanol–water partition coefficient (Wildman–Crippen LogP) is 1.97. The van der Waals surface area contributed by atoms with Gasteiger partial charge in [-0.2, -0.15) is 0 Å². The number of aliphatic hydroxyl groups excluding tert-OH is 1. The van der Waals surface area contributed by atoms with Gasteiger partial charge >= 0.3 is 0 Å². The molecular formula is C14H17FN2O4. The van der Waals surface area contributed by atoms with Gasteiger partial charge in [0.05, 0.1) is 11.0 Å². The summed E-state index contributed by atoms with van der Waals surface area (Å²) >= 11 is 0. The van der Waals surface area contributed by atoms with Gasteiger partial charge in [0.25, 0.3) is 11.6 Å². The van der Waals surface area contributed by atoms with E-state index in [0.29, 0.717) is 19.5 Å². The van der Waals surface area contributed by atoms with E-state index in [1.54, 1.807) is 4.90 Å². The Morgan fingerprint density at radius 1 is 1.52 bits per heavy atom. The summed E-state index contributed by atoms with van der Waals surface area (Å²) < 4.78 is 13.1. The fourth-order valence-corrected chi connectivity index (χ4v) is 2.67. The van der Waals surface area contributed by atoms with Crippen molar-refractivity contribution in [1.29, 1.82) is 0 Å². The molecule has 114 valence electrons. The molecule has 0 bridgehead atoms. The number of hydrogen-bond donors (Lipinski definition) is 1. The first-order valence-corrected chi connectivity index (χ1v) is 6.87. The van der Waals surface area contributed by atoms with Gasteiger partial charge < -0.3 is 10.0 Å². The fourth-order valence-electron chi connectivity index (χ4n) is 2.67. The minimum atomic E-state index is -0.745. The first-order valence-electron chi connectivity index (χ1n) is 6.87. The molecule has 1 aromatic rings. The maximum Gasteiger partial charge on any atom is 0.285 e. The number of amides is 1. The molecule has 0 aromatic heterocycles. The van der Waals surface area contributed by atoms with Gasteiger partial charge in [0.15, 0.2) is 0 Å². The Bertz CT molecular complexity index is 548. The van der Waals surface area contributed by atoms with E-state index in [0.717, 1.165) is 31.0 Å². The molecule has 1 fully saturated rings. The molecule has 0 saturated carbocycles. The average molecular weight is 296 g/mol. The fraction of sp³-hybridized carbons (Fsp3) is 0.500. The Labute approximate surface area is 121 Å². The van der Waals surface area contributed by atoms with Crippen molar-refractivity contribution in [1.82, 2.24) is 4.90 Å². The summed E-state index contributed by atoms with van der Waals surface area (Å²) in [4.78, 5) is 24.2. The van der Waals surface area contributed by atoms with E-state index in [-0.39, 0.29) is 18.1 Å². The SMILES string of the molecule is O=C(c1ccc(F)cc1[N+](=O)[O-])N1CCCC(CCO)C1. The number of nitro benzene ring substituents is 1. The summed E-state index contributed by atoms with van der Waals surface area (Å²) in [6, 6.07) is 2.98. The van der Waals surface area contributed by atoms with Crippen LogP contribution in [0.4, 0.5) is 10.1 Å². The third-order valence-electron chi connectivity index (χ3n) is 3.73. The van der Waals surface area contributed by atoms with Crippen LogP contribution >= 0.6 is 0 Å². The van der Waals surface area contributed by atoms with Gasteiger partial charge in [0, 0.05) is 19.7 Å². The van der Waals surface area contributed by atoms with E-state index in [2.05, 4.69) is 0 Å². The summed E-state index contributed by atoms with van der Waals surface area (Å²) in [6.45, 7) is 1.05. The number of benzene rings is 1. The molecule has 7 heteroatoms. The van der Waals surface area contributed by atoms with E-state index < -0.39 is 22.3 Å². The number of piperidine rings is 1. The number of nitrogens with zero attached hydrogens (tertiary/aromatic N) is 2. The molecule has 1 aliphatic heterocycles. The van der Waals surface area contributed by atoms with E-state index >= 15 is 0 Å². The van der Waals surface area contributed by atoms with Gasteiger partial charge in [-0.15, -0.1) is 0 Å². The zero-order chi connectivity index (χ0) is 15.4. The summed E-state index contributed by atoms with van der Waals surface area (Å²) in [5, 5.41) is 19.9. The monoisotopic (exact) mass is 296 g/mol. The Hall–Kier alpha value is -2.02. The molecule has 2 rings (SSSR count). The maximum atomic E-state index is 13.1. The van der Waals surface area contributed by atoms with Crippen molar-refractivity contribution in [3.8, 4) is 0 Å². The van der Waals surface area contributed by atoms with Crippen molar-refractivity contribution in [2.45, 2.75) is 19.3 Å². The van der Waals surface area contributed by atoms with Crippen molar-refractivity contribution < 1.29 is 19.2 Å². The summed E-state index contributed by atoms with van der Waals surface area (Å²) in [5.74, 6) is -0.994.